The van der Waals surface area contributed by atoms with E-state index in [2.05, 4.69) is 0 Å². The molecule has 0 saturated carbocycles. The molecule has 0 rings (SSSR count). The maximum absolute atomic E-state index is 13.1. The summed E-state index contributed by atoms with van der Waals surface area (Å²) in [5, 5.41) is 0. The van der Waals surface area contributed by atoms with Crippen LogP contribution >= 0.6 is 0 Å². The lowest BCUT2D eigenvalue weighted by atomic mass is 9.96. The second-order valence-corrected chi connectivity index (χ2v) is 5.45. The molecule has 0 heterocycles. The molecule has 0 fully saturated rings. The van der Waals surface area contributed by atoms with E-state index in [0.717, 1.165) is 0 Å². The van der Waals surface area contributed by atoms with Crippen LogP contribution in [0.4, 0.5) is 87.8 Å². The van der Waals surface area contributed by atoms with E-state index in [4.69, 9.17) is 0 Å². The predicted octanol–water partition coefficient (Wildman–Crippen LogP) is 7.11. The Hall–Kier alpha value is -1.66. The van der Waals surface area contributed by atoms with Crippen molar-refractivity contribution in [2.24, 2.45) is 0 Å². The quantitative estimate of drug-likeness (QED) is 0.251. The van der Waals surface area contributed by atoms with Crippen LogP contribution in [0, 0.1) is 0 Å². The van der Waals surface area contributed by atoms with Crippen molar-refractivity contribution >= 4 is 0 Å². The van der Waals surface area contributed by atoms with Gasteiger partial charge < -0.3 is 0 Å². The van der Waals surface area contributed by atoms with Crippen molar-refractivity contribution < 1.29 is 87.8 Å². The fourth-order valence-electron chi connectivity index (χ4n) is 1.39. The van der Waals surface area contributed by atoms with Crippen LogP contribution in [0.25, 0.3) is 0 Å². The molecule has 186 valence electrons. The Morgan fingerprint density at radius 3 is 0.677 bits per heavy atom. The van der Waals surface area contributed by atoms with Gasteiger partial charge in [-0.3, -0.25) is 0 Å². The highest BCUT2D eigenvalue weighted by molar-refractivity contribution is 5.18. The van der Waals surface area contributed by atoms with E-state index in [9.17, 15) is 87.8 Å². The molecule has 0 aliphatic heterocycles. The van der Waals surface area contributed by atoms with Crippen LogP contribution in [-0.2, 0) is 0 Å². The second kappa shape index (κ2) is 7.17. The summed E-state index contributed by atoms with van der Waals surface area (Å²) in [6, 6.07) is 0. The van der Waals surface area contributed by atoms with Crippen LogP contribution in [0.2, 0.25) is 0 Å². The van der Waals surface area contributed by atoms with Gasteiger partial charge in [-0.2, -0.15) is 87.8 Å². The highest BCUT2D eigenvalue weighted by Gasteiger charge is 2.87. The Morgan fingerprint density at radius 1 is 0.258 bits per heavy atom. The van der Waals surface area contributed by atoms with Crippen LogP contribution in [0.1, 0.15) is 0 Å². The molecule has 0 aromatic rings. The molecular formula is C11H2F20. The maximum atomic E-state index is 13.1. The average molecular weight is 514 g/mol. The standard InChI is InChI=1S/C11H2F20/c12-3(13,5(16,17)7(20,21)9(24,25)11(29,30)31)1-2-4(14,15)6(18,19)8(22,23)10(26,27)28/h1-2H. The number of alkyl halides is 20. The van der Waals surface area contributed by atoms with Gasteiger partial charge in [-0.05, 0) is 12.2 Å². The number of allylic oxidation sites excluding steroid dienone is 2. The maximum Gasteiger partial charge on any atom is 0.460 e. The lowest BCUT2D eigenvalue weighted by molar-refractivity contribution is -0.417. The van der Waals surface area contributed by atoms with Crippen molar-refractivity contribution in [1.29, 1.82) is 0 Å². The molecule has 20 heteroatoms. The average Bonchev–Trinajstić information content (AvgIpc) is 2.50. The molecular weight excluding hydrogens is 512 g/mol. The molecule has 0 aromatic heterocycles. The fraction of sp³-hybridized carbons (Fsp3) is 0.818. The normalized spacial score (nSPS) is 16.9. The summed E-state index contributed by atoms with van der Waals surface area (Å²) >= 11 is 0. The summed E-state index contributed by atoms with van der Waals surface area (Å²) in [7, 11) is 0. The molecule has 0 amide bonds. The largest absolute Gasteiger partial charge is 0.460 e. The first kappa shape index (κ1) is 29.3. The van der Waals surface area contributed by atoms with Crippen molar-refractivity contribution in [2.45, 2.75) is 53.8 Å². The first-order chi connectivity index (χ1) is 13.0. The summed E-state index contributed by atoms with van der Waals surface area (Å²) in [4.78, 5) is 0. The molecule has 0 nitrogen and oxygen atoms in total. The Balaban J connectivity index is 6.40. The van der Waals surface area contributed by atoms with Gasteiger partial charge in [0.15, 0.2) is 0 Å². The Morgan fingerprint density at radius 2 is 0.452 bits per heavy atom. The van der Waals surface area contributed by atoms with Crippen LogP contribution in [-0.4, -0.2) is 53.8 Å². The number of hydrogen-bond donors (Lipinski definition) is 0. The third-order valence-corrected chi connectivity index (χ3v) is 3.23. The molecule has 0 atom stereocenters. The van der Waals surface area contributed by atoms with Crippen molar-refractivity contribution in [1.82, 2.24) is 0 Å². The zero-order valence-corrected chi connectivity index (χ0v) is 13.2. The Labute approximate surface area is 155 Å². The van der Waals surface area contributed by atoms with Gasteiger partial charge in [-0.25, -0.2) is 0 Å². The Kier molecular flexibility index (Phi) is 6.79. The Bertz CT molecular complexity index is 672. The van der Waals surface area contributed by atoms with Gasteiger partial charge in [-0.1, -0.05) is 0 Å². The van der Waals surface area contributed by atoms with Gasteiger partial charge >= 0.3 is 53.8 Å². The van der Waals surface area contributed by atoms with Crippen molar-refractivity contribution in [2.75, 3.05) is 0 Å². The van der Waals surface area contributed by atoms with E-state index in [0.29, 0.717) is 0 Å². The molecule has 0 unspecified atom stereocenters. The van der Waals surface area contributed by atoms with Crippen LogP contribution in [0.5, 0.6) is 0 Å². The highest BCUT2D eigenvalue weighted by Crippen LogP contribution is 2.58. The van der Waals surface area contributed by atoms with Gasteiger partial charge in [0.05, 0.1) is 0 Å². The lowest BCUT2D eigenvalue weighted by Gasteiger charge is -2.36. The van der Waals surface area contributed by atoms with Crippen LogP contribution in [0.15, 0.2) is 12.2 Å². The van der Waals surface area contributed by atoms with Gasteiger partial charge in [0.25, 0.3) is 0 Å². The zero-order chi connectivity index (χ0) is 25.9. The van der Waals surface area contributed by atoms with Gasteiger partial charge in [-0.15, -0.1) is 0 Å². The second-order valence-electron chi connectivity index (χ2n) is 5.45. The topological polar surface area (TPSA) is 0 Å². The van der Waals surface area contributed by atoms with Crippen LogP contribution in [0.3, 0.4) is 0 Å². The van der Waals surface area contributed by atoms with Crippen molar-refractivity contribution in [3.63, 3.8) is 0 Å². The summed E-state index contributed by atoms with van der Waals surface area (Å²) < 4.78 is 250. The molecule has 0 aliphatic carbocycles. The molecule has 0 N–H and O–H groups in total. The number of hydrogen-bond acceptors (Lipinski definition) is 0. The first-order valence-electron chi connectivity index (χ1n) is 6.44. The van der Waals surface area contributed by atoms with E-state index >= 15 is 0 Å². The number of rotatable bonds is 7. The third kappa shape index (κ3) is 4.21. The van der Waals surface area contributed by atoms with Gasteiger partial charge in [0, 0.05) is 0 Å². The minimum Gasteiger partial charge on any atom is -0.195 e. The fourth-order valence-corrected chi connectivity index (χ4v) is 1.39. The predicted molar refractivity (Wildman–Crippen MR) is 55.9 cm³/mol. The summed E-state index contributed by atoms with van der Waals surface area (Å²) in [6.07, 6.45) is -20.4. The first-order valence-corrected chi connectivity index (χ1v) is 6.44. The van der Waals surface area contributed by atoms with E-state index in [-0.39, 0.29) is 0 Å². The highest BCUT2D eigenvalue weighted by atomic mass is 19.4. The van der Waals surface area contributed by atoms with Crippen LogP contribution < -0.4 is 0 Å². The summed E-state index contributed by atoms with van der Waals surface area (Å²) in [5.41, 5.74) is 0. The summed E-state index contributed by atoms with van der Waals surface area (Å²) in [6.45, 7) is 0. The van der Waals surface area contributed by atoms with E-state index < -0.39 is 66.0 Å². The SMILES string of the molecule is FC(F)(F)C(F)(F)C(F)(F)C(F)(F)C=CC(F)(F)C(F)(F)C(F)(F)C(F)(F)C(F)(F)F. The molecule has 0 spiro atoms. The lowest BCUT2D eigenvalue weighted by Crippen LogP contribution is -2.66. The van der Waals surface area contributed by atoms with Crippen molar-refractivity contribution in [3.8, 4) is 0 Å². The van der Waals surface area contributed by atoms with E-state index in [1.165, 1.54) is 0 Å². The van der Waals surface area contributed by atoms with Crippen molar-refractivity contribution in [3.05, 3.63) is 12.2 Å². The molecule has 0 saturated heterocycles. The monoisotopic (exact) mass is 514 g/mol. The third-order valence-electron chi connectivity index (χ3n) is 3.23. The zero-order valence-electron chi connectivity index (χ0n) is 13.2. The molecule has 0 aliphatic rings. The molecule has 0 radical (unpaired) electrons. The van der Waals surface area contributed by atoms with Gasteiger partial charge in [0.2, 0.25) is 0 Å². The van der Waals surface area contributed by atoms with Gasteiger partial charge in [0.1, 0.15) is 0 Å². The number of halogens is 20. The molecule has 0 aromatic carbocycles. The summed E-state index contributed by atoms with van der Waals surface area (Å²) in [5.74, 6) is -54.2. The minimum atomic E-state index is -8.17. The van der Waals surface area contributed by atoms with E-state index in [1.54, 1.807) is 0 Å². The van der Waals surface area contributed by atoms with E-state index in [1.807, 2.05) is 0 Å². The minimum absolute atomic E-state index is 2.61. The smallest absolute Gasteiger partial charge is 0.195 e. The molecule has 31 heavy (non-hydrogen) atoms. The molecule has 0 bridgehead atoms.